The lowest BCUT2D eigenvalue weighted by Gasteiger charge is -2.08. The van der Waals surface area contributed by atoms with Gasteiger partial charge in [0.1, 0.15) is 11.4 Å². The second kappa shape index (κ2) is 6.10. The number of H-pyrrole nitrogens is 2. The molecule has 3 aromatic carbocycles. The van der Waals surface area contributed by atoms with Gasteiger partial charge in [0.05, 0.1) is 17.4 Å². The van der Waals surface area contributed by atoms with Crippen LogP contribution in [-0.2, 0) is 0 Å². The Morgan fingerprint density at radius 1 is 0.926 bits per heavy atom. The smallest absolute Gasteiger partial charge is 0.274 e. The molecule has 0 bridgehead atoms. The molecular weight excluding hydrogens is 338 g/mol. The topological polar surface area (TPSA) is 86.5 Å². The number of aromatic amines is 2. The number of carbonyl (C=O) groups excluding carboxylic acids is 1. The fourth-order valence-corrected chi connectivity index (χ4v) is 3.23. The van der Waals surface area contributed by atoms with Crippen molar-refractivity contribution in [2.45, 2.75) is 0 Å². The molecule has 0 aliphatic rings. The number of imidazole rings is 2. The van der Waals surface area contributed by atoms with Crippen molar-refractivity contribution in [3.63, 3.8) is 0 Å². The molecule has 0 spiro atoms. The van der Waals surface area contributed by atoms with E-state index in [1.54, 1.807) is 0 Å². The standard InChI is InChI=1S/C21H15N5O/c27-21(26-15-11-5-7-13-6-1-2-8-14(13)15)19-18(22-12-23-19)20-24-16-9-3-4-10-17(16)25-20/h1-12H,(H,22,23)(H,24,25)(H,26,27). The first-order chi connectivity index (χ1) is 13.3. The number of amides is 1. The second-order valence-corrected chi connectivity index (χ2v) is 6.21. The fourth-order valence-electron chi connectivity index (χ4n) is 3.23. The molecule has 0 saturated heterocycles. The van der Waals surface area contributed by atoms with Crippen LogP contribution in [0.15, 0.2) is 73.1 Å². The highest BCUT2D eigenvalue weighted by molar-refractivity contribution is 6.10. The molecule has 0 fully saturated rings. The van der Waals surface area contributed by atoms with Gasteiger partial charge < -0.3 is 15.3 Å². The molecule has 0 atom stereocenters. The van der Waals surface area contributed by atoms with Gasteiger partial charge in [0.25, 0.3) is 5.91 Å². The van der Waals surface area contributed by atoms with Crippen LogP contribution in [-0.4, -0.2) is 25.8 Å². The molecule has 5 aromatic rings. The van der Waals surface area contributed by atoms with E-state index in [2.05, 4.69) is 25.3 Å². The Balaban J connectivity index is 1.52. The monoisotopic (exact) mass is 353 g/mol. The first kappa shape index (κ1) is 15.3. The number of aromatic nitrogens is 4. The number of nitrogens with one attached hydrogen (secondary N) is 3. The van der Waals surface area contributed by atoms with E-state index >= 15 is 0 Å². The minimum atomic E-state index is -0.265. The van der Waals surface area contributed by atoms with Crippen LogP contribution in [0.4, 0.5) is 5.69 Å². The highest BCUT2D eigenvalue weighted by atomic mass is 16.1. The molecule has 0 aliphatic carbocycles. The summed E-state index contributed by atoms with van der Waals surface area (Å²) in [5.41, 5.74) is 3.33. The number of fused-ring (bicyclic) bond motifs is 2. The van der Waals surface area contributed by atoms with Gasteiger partial charge in [-0.15, -0.1) is 0 Å². The minimum Gasteiger partial charge on any atom is -0.340 e. The third-order valence-corrected chi connectivity index (χ3v) is 4.52. The molecule has 5 rings (SSSR count). The van der Waals surface area contributed by atoms with E-state index in [4.69, 9.17) is 0 Å². The number of nitrogens with zero attached hydrogens (tertiary/aromatic N) is 2. The summed E-state index contributed by atoms with van der Waals surface area (Å²) in [6.07, 6.45) is 1.50. The van der Waals surface area contributed by atoms with Crippen LogP contribution in [0.2, 0.25) is 0 Å². The maximum Gasteiger partial charge on any atom is 0.274 e. The number of benzene rings is 3. The Kier molecular flexibility index (Phi) is 3.47. The predicted octanol–water partition coefficient (Wildman–Crippen LogP) is 4.36. The maximum atomic E-state index is 12.9. The summed E-state index contributed by atoms with van der Waals surface area (Å²) in [4.78, 5) is 27.9. The molecular formula is C21H15N5O. The zero-order valence-corrected chi connectivity index (χ0v) is 14.2. The van der Waals surface area contributed by atoms with Gasteiger partial charge in [-0.25, -0.2) is 9.97 Å². The largest absolute Gasteiger partial charge is 0.340 e. The molecule has 3 N–H and O–H groups in total. The average Bonchev–Trinajstić information content (AvgIpc) is 3.35. The van der Waals surface area contributed by atoms with E-state index in [9.17, 15) is 4.79 Å². The van der Waals surface area contributed by atoms with Crippen LogP contribution < -0.4 is 5.32 Å². The Bertz CT molecular complexity index is 1250. The van der Waals surface area contributed by atoms with Gasteiger partial charge in [0, 0.05) is 11.1 Å². The second-order valence-electron chi connectivity index (χ2n) is 6.21. The Morgan fingerprint density at radius 2 is 1.74 bits per heavy atom. The Labute approximate surface area is 154 Å². The molecule has 6 heteroatoms. The van der Waals surface area contributed by atoms with Gasteiger partial charge in [-0.1, -0.05) is 48.5 Å². The van der Waals surface area contributed by atoms with Crippen molar-refractivity contribution in [1.82, 2.24) is 19.9 Å². The van der Waals surface area contributed by atoms with E-state index in [0.717, 1.165) is 27.5 Å². The van der Waals surface area contributed by atoms with Crippen LogP contribution in [0.25, 0.3) is 33.3 Å². The fraction of sp³-hybridized carbons (Fsp3) is 0. The van der Waals surface area contributed by atoms with Crippen LogP contribution in [0, 0.1) is 0 Å². The van der Waals surface area contributed by atoms with Crippen molar-refractivity contribution in [2.24, 2.45) is 0 Å². The normalized spacial score (nSPS) is 11.1. The van der Waals surface area contributed by atoms with Crippen molar-refractivity contribution in [3.8, 4) is 11.5 Å². The summed E-state index contributed by atoms with van der Waals surface area (Å²) in [5, 5.41) is 5.03. The molecule has 2 aromatic heterocycles. The zero-order valence-electron chi connectivity index (χ0n) is 14.2. The number of carbonyl (C=O) groups is 1. The van der Waals surface area contributed by atoms with Gasteiger partial charge in [-0.05, 0) is 23.6 Å². The minimum absolute atomic E-state index is 0.265. The molecule has 0 saturated carbocycles. The van der Waals surface area contributed by atoms with Crippen molar-refractivity contribution in [1.29, 1.82) is 0 Å². The van der Waals surface area contributed by atoms with Gasteiger partial charge in [0.2, 0.25) is 0 Å². The number of hydrogen-bond donors (Lipinski definition) is 3. The van der Waals surface area contributed by atoms with E-state index in [1.807, 2.05) is 66.7 Å². The van der Waals surface area contributed by atoms with E-state index < -0.39 is 0 Å². The van der Waals surface area contributed by atoms with Crippen molar-refractivity contribution < 1.29 is 4.79 Å². The average molecular weight is 353 g/mol. The molecule has 130 valence electrons. The van der Waals surface area contributed by atoms with Gasteiger partial charge in [-0.2, -0.15) is 0 Å². The van der Waals surface area contributed by atoms with Crippen molar-refractivity contribution >= 4 is 33.4 Å². The third kappa shape index (κ3) is 2.64. The summed E-state index contributed by atoms with van der Waals surface area (Å²) in [5.74, 6) is 0.292. The van der Waals surface area contributed by atoms with Crippen LogP contribution in [0.1, 0.15) is 10.5 Å². The molecule has 6 nitrogen and oxygen atoms in total. The SMILES string of the molecule is O=C(Nc1cccc2ccccc12)c1[nH]cnc1-c1nc2ccccc2[nH]1. The van der Waals surface area contributed by atoms with Gasteiger partial charge in [-0.3, -0.25) is 4.79 Å². The summed E-state index contributed by atoms with van der Waals surface area (Å²) in [6, 6.07) is 21.5. The quantitative estimate of drug-likeness (QED) is 0.450. The number of hydrogen-bond acceptors (Lipinski definition) is 3. The van der Waals surface area contributed by atoms with E-state index in [-0.39, 0.29) is 5.91 Å². The first-order valence-corrected chi connectivity index (χ1v) is 8.57. The summed E-state index contributed by atoms with van der Waals surface area (Å²) in [6.45, 7) is 0. The highest BCUT2D eigenvalue weighted by Crippen LogP contribution is 2.25. The van der Waals surface area contributed by atoms with Crippen molar-refractivity contribution in [2.75, 3.05) is 5.32 Å². The lowest BCUT2D eigenvalue weighted by molar-refractivity contribution is 0.102. The Morgan fingerprint density at radius 3 is 2.67 bits per heavy atom. The van der Waals surface area contributed by atoms with Crippen LogP contribution in [0.5, 0.6) is 0 Å². The predicted molar refractivity (Wildman–Crippen MR) is 106 cm³/mol. The lowest BCUT2D eigenvalue weighted by atomic mass is 10.1. The summed E-state index contributed by atoms with van der Waals surface area (Å²) < 4.78 is 0. The zero-order chi connectivity index (χ0) is 18.2. The molecule has 2 heterocycles. The number of para-hydroxylation sites is 2. The van der Waals surface area contributed by atoms with Crippen molar-refractivity contribution in [3.05, 3.63) is 78.8 Å². The number of anilines is 1. The molecule has 0 unspecified atom stereocenters. The van der Waals surface area contributed by atoms with Gasteiger partial charge in [0.15, 0.2) is 5.82 Å². The Hall–Kier alpha value is -3.93. The van der Waals surface area contributed by atoms with Crippen LogP contribution >= 0.6 is 0 Å². The summed E-state index contributed by atoms with van der Waals surface area (Å²) in [7, 11) is 0. The highest BCUT2D eigenvalue weighted by Gasteiger charge is 2.19. The molecule has 1 amide bonds. The third-order valence-electron chi connectivity index (χ3n) is 4.52. The summed E-state index contributed by atoms with van der Waals surface area (Å²) >= 11 is 0. The molecule has 0 aliphatic heterocycles. The molecule has 0 radical (unpaired) electrons. The maximum absolute atomic E-state index is 12.9. The van der Waals surface area contributed by atoms with Crippen LogP contribution in [0.3, 0.4) is 0 Å². The van der Waals surface area contributed by atoms with E-state index in [1.165, 1.54) is 6.33 Å². The van der Waals surface area contributed by atoms with Gasteiger partial charge >= 0.3 is 0 Å². The van der Waals surface area contributed by atoms with E-state index in [0.29, 0.717) is 17.2 Å². The lowest BCUT2D eigenvalue weighted by Crippen LogP contribution is -2.14. The first-order valence-electron chi connectivity index (χ1n) is 8.57. The number of rotatable bonds is 3. The molecule has 27 heavy (non-hydrogen) atoms.